The van der Waals surface area contributed by atoms with Gasteiger partial charge in [-0.2, -0.15) is 13.2 Å². The number of carbonyl (C=O) groups is 3. The summed E-state index contributed by atoms with van der Waals surface area (Å²) in [6.45, 7) is 1.34. The van der Waals surface area contributed by atoms with Crippen LogP contribution in [0.4, 0.5) is 24.5 Å². The highest BCUT2D eigenvalue weighted by atomic mass is 35.5. The van der Waals surface area contributed by atoms with Crippen LogP contribution in [0.2, 0.25) is 5.02 Å². The number of ketones is 1. The number of nitrogens with one attached hydrogen (secondary N) is 2. The highest BCUT2D eigenvalue weighted by Crippen LogP contribution is 2.36. The van der Waals surface area contributed by atoms with E-state index in [1.807, 2.05) is 0 Å². The third-order valence-corrected chi connectivity index (χ3v) is 3.59. The molecule has 0 aromatic heterocycles. The SMILES string of the molecule is CC(=O)c1cccc(NC(=O)C(=O)Nc2ccc(Cl)c(C(F)(F)F)c2)c1. The Kier molecular flexibility index (Phi) is 5.66. The molecule has 0 fully saturated rings. The summed E-state index contributed by atoms with van der Waals surface area (Å²) >= 11 is 5.49. The second kappa shape index (κ2) is 7.57. The standard InChI is InChI=1S/C17H12ClF3N2O3/c1-9(24)10-3-2-4-11(7-10)22-15(25)16(26)23-12-5-6-14(18)13(8-12)17(19,20)21/h2-8H,1H3,(H,22,25)(H,23,26). The zero-order chi connectivity index (χ0) is 19.5. The van der Waals surface area contributed by atoms with E-state index >= 15 is 0 Å². The molecule has 0 heterocycles. The quantitative estimate of drug-likeness (QED) is 0.617. The van der Waals surface area contributed by atoms with Gasteiger partial charge < -0.3 is 10.6 Å². The number of benzene rings is 2. The Labute approximate surface area is 151 Å². The van der Waals surface area contributed by atoms with Crippen LogP contribution in [-0.4, -0.2) is 17.6 Å². The van der Waals surface area contributed by atoms with Crippen LogP contribution in [0.1, 0.15) is 22.8 Å². The normalized spacial score (nSPS) is 11.0. The van der Waals surface area contributed by atoms with Gasteiger partial charge in [-0.15, -0.1) is 0 Å². The maximum atomic E-state index is 12.8. The lowest BCUT2D eigenvalue weighted by Crippen LogP contribution is -2.29. The Bertz CT molecular complexity index is 882. The zero-order valence-electron chi connectivity index (χ0n) is 13.3. The highest BCUT2D eigenvalue weighted by Gasteiger charge is 2.33. The Hall–Kier alpha value is -2.87. The zero-order valence-corrected chi connectivity index (χ0v) is 14.0. The molecular formula is C17H12ClF3N2O3. The summed E-state index contributed by atoms with van der Waals surface area (Å²) in [5.41, 5.74) is -0.841. The van der Waals surface area contributed by atoms with Crippen molar-refractivity contribution in [3.05, 3.63) is 58.6 Å². The van der Waals surface area contributed by atoms with Crippen LogP contribution in [-0.2, 0) is 15.8 Å². The molecule has 2 amide bonds. The predicted molar refractivity (Wildman–Crippen MR) is 90.2 cm³/mol. The Morgan fingerprint density at radius 2 is 1.50 bits per heavy atom. The summed E-state index contributed by atoms with van der Waals surface area (Å²) in [7, 11) is 0. The van der Waals surface area contributed by atoms with E-state index in [-0.39, 0.29) is 17.2 Å². The topological polar surface area (TPSA) is 75.3 Å². The number of amides is 2. The number of Topliss-reactive ketones (excluding diaryl/α,β-unsaturated/α-hetero) is 1. The van der Waals surface area contributed by atoms with Crippen molar-refractivity contribution in [3.8, 4) is 0 Å². The Balaban J connectivity index is 2.11. The number of rotatable bonds is 3. The second-order valence-electron chi connectivity index (χ2n) is 5.24. The van der Waals surface area contributed by atoms with E-state index in [0.29, 0.717) is 11.6 Å². The summed E-state index contributed by atoms with van der Waals surface area (Å²) in [5.74, 6) is -2.51. The minimum Gasteiger partial charge on any atom is -0.318 e. The van der Waals surface area contributed by atoms with Crippen molar-refractivity contribution in [2.75, 3.05) is 10.6 Å². The molecule has 9 heteroatoms. The fourth-order valence-electron chi connectivity index (χ4n) is 2.01. The van der Waals surface area contributed by atoms with Crippen molar-refractivity contribution in [1.82, 2.24) is 0 Å². The van der Waals surface area contributed by atoms with Crippen LogP contribution < -0.4 is 10.6 Å². The van der Waals surface area contributed by atoms with Gasteiger partial charge in [-0.3, -0.25) is 14.4 Å². The minimum absolute atomic E-state index is 0.199. The smallest absolute Gasteiger partial charge is 0.318 e. The summed E-state index contributed by atoms with van der Waals surface area (Å²) in [6, 6.07) is 8.61. The van der Waals surface area contributed by atoms with Gasteiger partial charge in [0.05, 0.1) is 10.6 Å². The van der Waals surface area contributed by atoms with Crippen LogP contribution in [0.3, 0.4) is 0 Å². The first kappa shape index (κ1) is 19.5. The van der Waals surface area contributed by atoms with Crippen molar-refractivity contribution in [1.29, 1.82) is 0 Å². The van der Waals surface area contributed by atoms with Gasteiger partial charge in [0.2, 0.25) is 0 Å². The van der Waals surface area contributed by atoms with E-state index in [1.54, 1.807) is 0 Å². The summed E-state index contributed by atoms with van der Waals surface area (Å²) in [6.07, 6.45) is -4.70. The van der Waals surface area contributed by atoms with Gasteiger partial charge in [-0.05, 0) is 37.3 Å². The fourth-order valence-corrected chi connectivity index (χ4v) is 2.24. The van der Waals surface area contributed by atoms with Crippen molar-refractivity contribution in [2.45, 2.75) is 13.1 Å². The molecule has 26 heavy (non-hydrogen) atoms. The van der Waals surface area contributed by atoms with E-state index in [2.05, 4.69) is 10.6 Å². The first-order valence-corrected chi connectivity index (χ1v) is 7.56. The molecule has 0 aliphatic carbocycles. The van der Waals surface area contributed by atoms with E-state index in [9.17, 15) is 27.6 Å². The second-order valence-corrected chi connectivity index (χ2v) is 5.64. The summed E-state index contributed by atoms with van der Waals surface area (Å²) < 4.78 is 38.4. The van der Waals surface area contributed by atoms with E-state index in [0.717, 1.165) is 12.1 Å². The summed E-state index contributed by atoms with van der Waals surface area (Å²) in [5, 5.41) is 3.80. The van der Waals surface area contributed by atoms with Crippen molar-refractivity contribution >= 4 is 40.6 Å². The molecule has 0 aliphatic heterocycles. The first-order valence-electron chi connectivity index (χ1n) is 7.18. The molecule has 0 atom stereocenters. The molecule has 0 saturated heterocycles. The monoisotopic (exact) mass is 384 g/mol. The number of carbonyl (C=O) groups excluding carboxylic acids is 3. The van der Waals surface area contributed by atoms with Gasteiger partial charge in [-0.1, -0.05) is 23.7 Å². The van der Waals surface area contributed by atoms with E-state index < -0.39 is 28.6 Å². The Morgan fingerprint density at radius 3 is 2.04 bits per heavy atom. The molecular weight excluding hydrogens is 373 g/mol. The molecule has 136 valence electrons. The minimum atomic E-state index is -4.70. The first-order chi connectivity index (χ1) is 12.1. The van der Waals surface area contributed by atoms with Crippen molar-refractivity contribution in [2.24, 2.45) is 0 Å². The molecule has 0 spiro atoms. The number of hydrogen-bond acceptors (Lipinski definition) is 3. The molecule has 2 N–H and O–H groups in total. The van der Waals surface area contributed by atoms with Crippen molar-refractivity contribution < 1.29 is 27.6 Å². The number of hydrogen-bond donors (Lipinski definition) is 2. The maximum absolute atomic E-state index is 12.8. The highest BCUT2D eigenvalue weighted by molar-refractivity contribution is 6.43. The third kappa shape index (κ3) is 4.82. The average molecular weight is 385 g/mol. The van der Waals surface area contributed by atoms with E-state index in [4.69, 9.17) is 11.6 Å². The molecule has 5 nitrogen and oxygen atoms in total. The van der Waals surface area contributed by atoms with Gasteiger partial charge in [0.1, 0.15) is 0 Å². The maximum Gasteiger partial charge on any atom is 0.417 e. The van der Waals surface area contributed by atoms with Crippen LogP contribution in [0.25, 0.3) is 0 Å². The van der Waals surface area contributed by atoms with Crippen LogP contribution >= 0.6 is 11.6 Å². The fraction of sp³-hybridized carbons (Fsp3) is 0.118. The molecule has 0 aliphatic rings. The number of anilines is 2. The van der Waals surface area contributed by atoms with Gasteiger partial charge in [0.25, 0.3) is 0 Å². The largest absolute Gasteiger partial charge is 0.417 e. The van der Waals surface area contributed by atoms with Crippen LogP contribution in [0.5, 0.6) is 0 Å². The molecule has 0 unspecified atom stereocenters. The lowest BCUT2D eigenvalue weighted by Gasteiger charge is -2.12. The van der Waals surface area contributed by atoms with Crippen LogP contribution in [0.15, 0.2) is 42.5 Å². The lowest BCUT2D eigenvalue weighted by molar-refractivity contribution is -0.137. The molecule has 0 radical (unpaired) electrons. The molecule has 2 aromatic carbocycles. The number of halogens is 4. The molecule has 0 saturated carbocycles. The van der Waals surface area contributed by atoms with Crippen LogP contribution in [0, 0.1) is 0 Å². The number of alkyl halides is 3. The van der Waals surface area contributed by atoms with Gasteiger partial charge >= 0.3 is 18.0 Å². The van der Waals surface area contributed by atoms with Gasteiger partial charge in [0, 0.05) is 16.9 Å². The van der Waals surface area contributed by atoms with E-state index in [1.165, 1.54) is 31.2 Å². The third-order valence-electron chi connectivity index (χ3n) is 3.26. The summed E-state index contributed by atoms with van der Waals surface area (Å²) in [4.78, 5) is 35.1. The van der Waals surface area contributed by atoms with Gasteiger partial charge in [0.15, 0.2) is 5.78 Å². The predicted octanol–water partition coefficient (Wildman–Crippen LogP) is 4.14. The van der Waals surface area contributed by atoms with Crippen molar-refractivity contribution in [3.63, 3.8) is 0 Å². The van der Waals surface area contributed by atoms with Gasteiger partial charge in [-0.25, -0.2) is 0 Å². The average Bonchev–Trinajstić information content (AvgIpc) is 2.55. The molecule has 0 bridgehead atoms. The molecule has 2 rings (SSSR count). The lowest BCUT2D eigenvalue weighted by atomic mass is 10.1. The molecule has 2 aromatic rings. The Morgan fingerprint density at radius 1 is 0.923 bits per heavy atom.